The van der Waals surface area contributed by atoms with E-state index in [4.69, 9.17) is 5.73 Å². The molecular formula is C17H25Cl2N3OS. The summed E-state index contributed by atoms with van der Waals surface area (Å²) in [5.74, 6) is 0.155. The number of aromatic nitrogens is 1. The van der Waals surface area contributed by atoms with Crippen molar-refractivity contribution in [3.8, 4) is 10.6 Å². The molecule has 0 aliphatic heterocycles. The SMILES string of the molecule is Cc1nc(-c2ccccc2)sc1C(=O)NC(C)(CN)C(C)C.Cl.Cl. The van der Waals surface area contributed by atoms with Crippen LogP contribution < -0.4 is 11.1 Å². The van der Waals surface area contributed by atoms with Crippen LogP contribution in [0, 0.1) is 12.8 Å². The highest BCUT2D eigenvalue weighted by Gasteiger charge is 2.30. The number of amides is 1. The third-order valence-electron chi connectivity index (χ3n) is 4.12. The zero-order valence-corrected chi connectivity index (χ0v) is 16.8. The number of rotatable bonds is 5. The fourth-order valence-corrected chi connectivity index (χ4v) is 3.03. The Morgan fingerprint density at radius 3 is 2.38 bits per heavy atom. The minimum Gasteiger partial charge on any atom is -0.345 e. The Morgan fingerprint density at radius 2 is 1.88 bits per heavy atom. The predicted octanol–water partition coefficient (Wildman–Crippen LogP) is 4.07. The summed E-state index contributed by atoms with van der Waals surface area (Å²) in [4.78, 5) is 17.8. The Labute approximate surface area is 160 Å². The summed E-state index contributed by atoms with van der Waals surface area (Å²) in [5, 5.41) is 3.93. The van der Waals surface area contributed by atoms with Gasteiger partial charge in [0.05, 0.1) is 11.2 Å². The van der Waals surface area contributed by atoms with E-state index in [9.17, 15) is 4.79 Å². The van der Waals surface area contributed by atoms with Gasteiger partial charge >= 0.3 is 0 Å². The van der Waals surface area contributed by atoms with Crippen LogP contribution in [-0.2, 0) is 0 Å². The van der Waals surface area contributed by atoms with Crippen molar-refractivity contribution in [2.75, 3.05) is 6.54 Å². The predicted molar refractivity (Wildman–Crippen MR) is 107 cm³/mol. The minimum atomic E-state index is -0.416. The zero-order valence-electron chi connectivity index (χ0n) is 14.3. The number of aryl methyl sites for hydroxylation is 1. The molecule has 0 radical (unpaired) electrons. The van der Waals surface area contributed by atoms with Gasteiger partial charge in [-0.1, -0.05) is 44.2 Å². The van der Waals surface area contributed by atoms with Gasteiger partial charge in [-0.25, -0.2) is 4.98 Å². The van der Waals surface area contributed by atoms with Gasteiger partial charge in [0.15, 0.2) is 0 Å². The van der Waals surface area contributed by atoms with E-state index in [1.807, 2.05) is 44.2 Å². The Kier molecular flexibility index (Phi) is 8.93. The van der Waals surface area contributed by atoms with Crippen LogP contribution in [0.2, 0.25) is 0 Å². The first-order chi connectivity index (χ1) is 10.4. The van der Waals surface area contributed by atoms with Crippen molar-refractivity contribution in [3.05, 3.63) is 40.9 Å². The topological polar surface area (TPSA) is 68.0 Å². The summed E-state index contributed by atoms with van der Waals surface area (Å²) >= 11 is 1.42. The van der Waals surface area contributed by atoms with Crippen molar-refractivity contribution in [1.29, 1.82) is 0 Å². The molecular weight excluding hydrogens is 365 g/mol. The van der Waals surface area contributed by atoms with Gasteiger partial charge in [0.25, 0.3) is 5.91 Å². The first-order valence-corrected chi connectivity index (χ1v) is 8.24. The summed E-state index contributed by atoms with van der Waals surface area (Å²) < 4.78 is 0. The van der Waals surface area contributed by atoms with Gasteiger partial charge in [0.2, 0.25) is 0 Å². The van der Waals surface area contributed by atoms with Crippen LogP contribution in [0.25, 0.3) is 10.6 Å². The molecule has 7 heteroatoms. The highest BCUT2D eigenvalue weighted by atomic mass is 35.5. The maximum Gasteiger partial charge on any atom is 0.263 e. The lowest BCUT2D eigenvalue weighted by molar-refractivity contribution is 0.0886. The number of carbonyl (C=O) groups excluding carboxylic acids is 1. The van der Waals surface area contributed by atoms with E-state index in [-0.39, 0.29) is 36.6 Å². The van der Waals surface area contributed by atoms with Crippen LogP contribution in [0.5, 0.6) is 0 Å². The van der Waals surface area contributed by atoms with Crippen LogP contribution in [0.1, 0.15) is 36.1 Å². The summed E-state index contributed by atoms with van der Waals surface area (Å²) in [7, 11) is 0. The lowest BCUT2D eigenvalue weighted by Gasteiger charge is -2.33. The second-order valence-electron chi connectivity index (χ2n) is 6.03. The minimum absolute atomic E-state index is 0. The summed E-state index contributed by atoms with van der Waals surface area (Å²) in [6.07, 6.45) is 0. The smallest absolute Gasteiger partial charge is 0.263 e. The largest absolute Gasteiger partial charge is 0.345 e. The molecule has 4 nitrogen and oxygen atoms in total. The molecule has 24 heavy (non-hydrogen) atoms. The molecule has 1 amide bonds. The van der Waals surface area contributed by atoms with Crippen molar-refractivity contribution in [3.63, 3.8) is 0 Å². The molecule has 0 bridgehead atoms. The number of nitrogens with two attached hydrogens (primary N) is 1. The summed E-state index contributed by atoms with van der Waals surface area (Å²) in [5.41, 5.74) is 7.21. The van der Waals surface area contributed by atoms with E-state index in [1.54, 1.807) is 0 Å². The molecule has 1 aromatic heterocycles. The highest BCUT2D eigenvalue weighted by Crippen LogP contribution is 2.28. The molecule has 134 valence electrons. The van der Waals surface area contributed by atoms with Crippen LogP contribution in [0.3, 0.4) is 0 Å². The van der Waals surface area contributed by atoms with Gasteiger partial charge in [-0.05, 0) is 19.8 Å². The molecule has 1 atom stereocenters. The maximum atomic E-state index is 12.6. The molecule has 1 unspecified atom stereocenters. The van der Waals surface area contributed by atoms with Crippen molar-refractivity contribution >= 4 is 42.1 Å². The lowest BCUT2D eigenvalue weighted by Crippen LogP contribution is -2.54. The fourth-order valence-electron chi connectivity index (χ4n) is 2.06. The zero-order chi connectivity index (χ0) is 16.3. The normalized spacial score (nSPS) is 12.8. The number of hydrogen-bond acceptors (Lipinski definition) is 4. The van der Waals surface area contributed by atoms with E-state index in [0.29, 0.717) is 11.4 Å². The fraction of sp³-hybridized carbons (Fsp3) is 0.412. The number of nitrogens with zero attached hydrogens (tertiary/aromatic N) is 1. The molecule has 0 aliphatic carbocycles. The number of hydrogen-bond donors (Lipinski definition) is 2. The highest BCUT2D eigenvalue weighted by molar-refractivity contribution is 7.17. The van der Waals surface area contributed by atoms with Gasteiger partial charge < -0.3 is 11.1 Å². The average molecular weight is 390 g/mol. The molecule has 1 heterocycles. The number of halogens is 2. The van der Waals surface area contributed by atoms with E-state index < -0.39 is 5.54 Å². The van der Waals surface area contributed by atoms with E-state index >= 15 is 0 Å². The molecule has 0 aliphatic rings. The van der Waals surface area contributed by atoms with Gasteiger partial charge in [-0.3, -0.25) is 4.79 Å². The van der Waals surface area contributed by atoms with Crippen molar-refractivity contribution in [1.82, 2.24) is 10.3 Å². The molecule has 2 aromatic rings. The Hall–Kier alpha value is -1.14. The third-order valence-corrected chi connectivity index (χ3v) is 5.33. The van der Waals surface area contributed by atoms with Gasteiger partial charge in [-0.2, -0.15) is 0 Å². The van der Waals surface area contributed by atoms with Crippen LogP contribution in [-0.4, -0.2) is 23.0 Å². The van der Waals surface area contributed by atoms with E-state index in [0.717, 1.165) is 16.3 Å². The van der Waals surface area contributed by atoms with Crippen LogP contribution in [0.15, 0.2) is 30.3 Å². The molecule has 0 fully saturated rings. The van der Waals surface area contributed by atoms with E-state index in [2.05, 4.69) is 24.1 Å². The Bertz CT molecular complexity index is 661. The van der Waals surface area contributed by atoms with Crippen LogP contribution in [0.4, 0.5) is 0 Å². The van der Waals surface area contributed by atoms with Crippen molar-refractivity contribution in [2.24, 2.45) is 11.7 Å². The Balaban J connectivity index is 0.00000264. The van der Waals surface area contributed by atoms with Crippen molar-refractivity contribution < 1.29 is 4.79 Å². The van der Waals surface area contributed by atoms with Crippen molar-refractivity contribution in [2.45, 2.75) is 33.2 Å². The number of benzene rings is 1. The first kappa shape index (κ1) is 22.9. The summed E-state index contributed by atoms with van der Waals surface area (Å²) in [6, 6.07) is 9.90. The molecule has 3 N–H and O–H groups in total. The standard InChI is InChI=1S/C17H23N3OS.2ClH/c1-11(2)17(4,10-18)20-15(21)14-12(3)19-16(22-14)13-8-6-5-7-9-13;;/h5-9,11H,10,18H2,1-4H3,(H,20,21);2*1H. The quantitative estimate of drug-likeness (QED) is 0.809. The molecule has 0 spiro atoms. The molecule has 1 aromatic carbocycles. The second-order valence-corrected chi connectivity index (χ2v) is 7.03. The maximum absolute atomic E-state index is 12.6. The Morgan fingerprint density at radius 1 is 1.29 bits per heavy atom. The number of nitrogens with one attached hydrogen (secondary N) is 1. The average Bonchev–Trinajstić information content (AvgIpc) is 2.90. The summed E-state index contributed by atoms with van der Waals surface area (Å²) in [6.45, 7) is 8.36. The third kappa shape index (κ3) is 4.93. The monoisotopic (exact) mass is 389 g/mol. The number of thiazole rings is 1. The number of carbonyl (C=O) groups is 1. The lowest BCUT2D eigenvalue weighted by atomic mass is 9.88. The first-order valence-electron chi connectivity index (χ1n) is 7.43. The van der Waals surface area contributed by atoms with Gasteiger partial charge in [-0.15, -0.1) is 36.2 Å². The molecule has 2 rings (SSSR count). The van der Waals surface area contributed by atoms with E-state index in [1.165, 1.54) is 11.3 Å². The molecule has 0 saturated carbocycles. The van der Waals surface area contributed by atoms with Gasteiger partial charge in [0.1, 0.15) is 9.88 Å². The van der Waals surface area contributed by atoms with Gasteiger partial charge in [0, 0.05) is 12.1 Å². The van der Waals surface area contributed by atoms with Crippen LogP contribution >= 0.6 is 36.2 Å². The second kappa shape index (κ2) is 9.37. The molecule has 0 saturated heterocycles.